The summed E-state index contributed by atoms with van der Waals surface area (Å²) in [6.45, 7) is 3.97. The van der Waals surface area contributed by atoms with Crippen molar-refractivity contribution in [3.8, 4) is 0 Å². The fourth-order valence-corrected chi connectivity index (χ4v) is 1.41. The van der Waals surface area contributed by atoms with Gasteiger partial charge < -0.3 is 16.8 Å². The van der Waals surface area contributed by atoms with Crippen molar-refractivity contribution in [1.82, 2.24) is 0 Å². The number of rotatable bonds is 1. The van der Waals surface area contributed by atoms with Gasteiger partial charge in [0.05, 0.1) is 11.4 Å². The third-order valence-electron chi connectivity index (χ3n) is 2.11. The molecule has 3 nitrogen and oxygen atoms in total. The van der Waals surface area contributed by atoms with Crippen LogP contribution < -0.4 is 16.8 Å². The van der Waals surface area contributed by atoms with E-state index in [2.05, 4.69) is 5.32 Å². The van der Waals surface area contributed by atoms with Crippen LogP contribution in [0.4, 0.5) is 17.1 Å². The predicted octanol–water partition coefficient (Wildman–Crippen LogP) is 1.51. The average molecular weight is 165 g/mol. The second-order valence-corrected chi connectivity index (χ2v) is 2.95. The number of benzene rings is 1. The third kappa shape index (κ3) is 1.18. The maximum Gasteiger partial charge on any atom is 0.0598 e. The van der Waals surface area contributed by atoms with Crippen molar-refractivity contribution in [2.75, 3.05) is 23.8 Å². The lowest BCUT2D eigenvalue weighted by Crippen LogP contribution is -2.03. The van der Waals surface area contributed by atoms with Crippen molar-refractivity contribution in [3.63, 3.8) is 0 Å². The monoisotopic (exact) mass is 165 g/mol. The molecule has 0 saturated heterocycles. The minimum absolute atomic E-state index is 0.656. The SMILES string of the molecule is CNc1c(C)cc(N)c(N)c1C. The van der Waals surface area contributed by atoms with Gasteiger partial charge in [-0.2, -0.15) is 0 Å². The first-order valence-electron chi connectivity index (χ1n) is 3.90. The molecule has 66 valence electrons. The van der Waals surface area contributed by atoms with E-state index in [9.17, 15) is 0 Å². The molecule has 0 bridgehead atoms. The molecule has 0 atom stereocenters. The fourth-order valence-electron chi connectivity index (χ4n) is 1.41. The van der Waals surface area contributed by atoms with Crippen LogP contribution in [0.5, 0.6) is 0 Å². The minimum Gasteiger partial charge on any atom is -0.397 e. The smallest absolute Gasteiger partial charge is 0.0598 e. The molecule has 3 heteroatoms. The molecule has 0 fully saturated rings. The standard InChI is InChI=1S/C9H15N3/c1-5-4-7(10)8(11)6(2)9(5)12-3/h4,12H,10-11H2,1-3H3. The van der Waals surface area contributed by atoms with E-state index in [4.69, 9.17) is 11.5 Å². The Balaban J connectivity index is 3.40. The first-order valence-corrected chi connectivity index (χ1v) is 3.90. The van der Waals surface area contributed by atoms with E-state index < -0.39 is 0 Å². The van der Waals surface area contributed by atoms with E-state index in [1.165, 1.54) is 0 Å². The van der Waals surface area contributed by atoms with E-state index in [-0.39, 0.29) is 0 Å². The molecule has 0 aromatic heterocycles. The van der Waals surface area contributed by atoms with E-state index >= 15 is 0 Å². The average Bonchev–Trinajstić information content (AvgIpc) is 2.01. The highest BCUT2D eigenvalue weighted by Crippen LogP contribution is 2.29. The van der Waals surface area contributed by atoms with E-state index in [0.717, 1.165) is 16.8 Å². The van der Waals surface area contributed by atoms with Gasteiger partial charge in [0.15, 0.2) is 0 Å². The van der Waals surface area contributed by atoms with Crippen molar-refractivity contribution >= 4 is 17.1 Å². The molecule has 0 unspecified atom stereocenters. The Morgan fingerprint density at radius 3 is 2.33 bits per heavy atom. The summed E-state index contributed by atoms with van der Waals surface area (Å²) in [4.78, 5) is 0. The van der Waals surface area contributed by atoms with Crippen LogP contribution in [0, 0.1) is 13.8 Å². The zero-order chi connectivity index (χ0) is 9.30. The predicted molar refractivity (Wildman–Crippen MR) is 54.3 cm³/mol. The van der Waals surface area contributed by atoms with Crippen LogP contribution >= 0.6 is 0 Å². The van der Waals surface area contributed by atoms with Gasteiger partial charge in [0.2, 0.25) is 0 Å². The van der Waals surface area contributed by atoms with Gasteiger partial charge in [0, 0.05) is 12.7 Å². The molecule has 0 amide bonds. The number of anilines is 3. The Morgan fingerprint density at radius 2 is 1.83 bits per heavy atom. The van der Waals surface area contributed by atoms with Crippen LogP contribution in [0.3, 0.4) is 0 Å². The van der Waals surface area contributed by atoms with E-state index in [1.807, 2.05) is 27.0 Å². The van der Waals surface area contributed by atoms with Crippen LogP contribution in [0.2, 0.25) is 0 Å². The van der Waals surface area contributed by atoms with Gasteiger partial charge >= 0.3 is 0 Å². The number of hydrogen-bond acceptors (Lipinski definition) is 3. The second kappa shape index (κ2) is 2.93. The minimum atomic E-state index is 0.656. The molecule has 0 aliphatic carbocycles. The zero-order valence-electron chi connectivity index (χ0n) is 7.73. The number of nitrogen functional groups attached to an aromatic ring is 2. The zero-order valence-corrected chi connectivity index (χ0v) is 7.73. The van der Waals surface area contributed by atoms with Crippen molar-refractivity contribution < 1.29 is 0 Å². The maximum atomic E-state index is 5.76. The summed E-state index contributed by atoms with van der Waals surface area (Å²) in [5.74, 6) is 0. The summed E-state index contributed by atoms with van der Waals surface area (Å²) in [5.41, 5.74) is 16.0. The molecule has 0 spiro atoms. The van der Waals surface area contributed by atoms with Crippen LogP contribution in [0.15, 0.2) is 6.07 Å². The molecule has 1 aromatic carbocycles. The van der Waals surface area contributed by atoms with Gasteiger partial charge in [-0.3, -0.25) is 0 Å². The van der Waals surface area contributed by atoms with Crippen molar-refractivity contribution in [2.45, 2.75) is 13.8 Å². The largest absolute Gasteiger partial charge is 0.397 e. The molecule has 1 rings (SSSR count). The fraction of sp³-hybridized carbons (Fsp3) is 0.333. The van der Waals surface area contributed by atoms with Crippen LogP contribution in [0.1, 0.15) is 11.1 Å². The summed E-state index contributed by atoms with van der Waals surface area (Å²) in [7, 11) is 1.88. The van der Waals surface area contributed by atoms with Gasteiger partial charge in [0.25, 0.3) is 0 Å². The normalized spacial score (nSPS) is 9.92. The Hall–Kier alpha value is -1.38. The quantitative estimate of drug-likeness (QED) is 0.553. The lowest BCUT2D eigenvalue weighted by Gasteiger charge is -2.13. The molecule has 0 radical (unpaired) electrons. The molecular formula is C9H15N3. The van der Waals surface area contributed by atoms with Crippen LogP contribution in [-0.4, -0.2) is 7.05 Å². The first-order chi connectivity index (χ1) is 5.57. The molecule has 12 heavy (non-hydrogen) atoms. The van der Waals surface area contributed by atoms with Gasteiger partial charge in [0.1, 0.15) is 0 Å². The molecular weight excluding hydrogens is 150 g/mol. The molecule has 5 N–H and O–H groups in total. The molecule has 0 saturated carbocycles. The summed E-state index contributed by atoms with van der Waals surface area (Å²) >= 11 is 0. The lowest BCUT2D eigenvalue weighted by atomic mass is 10.1. The summed E-state index contributed by atoms with van der Waals surface area (Å²) < 4.78 is 0. The molecule has 1 aromatic rings. The van der Waals surface area contributed by atoms with Crippen LogP contribution in [0.25, 0.3) is 0 Å². The van der Waals surface area contributed by atoms with Gasteiger partial charge in [-0.05, 0) is 31.0 Å². The highest BCUT2D eigenvalue weighted by atomic mass is 14.8. The Kier molecular flexibility index (Phi) is 2.13. The highest BCUT2D eigenvalue weighted by Gasteiger charge is 2.06. The Labute approximate surface area is 72.8 Å². The number of hydrogen-bond donors (Lipinski definition) is 3. The molecule has 0 aliphatic rings. The first kappa shape index (κ1) is 8.71. The number of aryl methyl sites for hydroxylation is 1. The maximum absolute atomic E-state index is 5.76. The highest BCUT2D eigenvalue weighted by molar-refractivity contribution is 5.77. The number of nitrogens with two attached hydrogens (primary N) is 2. The summed E-state index contributed by atoms with van der Waals surface area (Å²) in [6, 6.07) is 1.88. The van der Waals surface area contributed by atoms with E-state index in [0.29, 0.717) is 11.4 Å². The Morgan fingerprint density at radius 1 is 1.25 bits per heavy atom. The topological polar surface area (TPSA) is 64.1 Å². The summed E-state index contributed by atoms with van der Waals surface area (Å²) in [5, 5.41) is 3.10. The lowest BCUT2D eigenvalue weighted by molar-refractivity contribution is 1.34. The van der Waals surface area contributed by atoms with Gasteiger partial charge in [-0.15, -0.1) is 0 Å². The van der Waals surface area contributed by atoms with E-state index in [1.54, 1.807) is 0 Å². The summed E-state index contributed by atoms with van der Waals surface area (Å²) in [6.07, 6.45) is 0. The van der Waals surface area contributed by atoms with Gasteiger partial charge in [-0.1, -0.05) is 0 Å². The molecule has 0 aliphatic heterocycles. The Bertz CT molecular complexity index is 305. The molecule has 0 heterocycles. The second-order valence-electron chi connectivity index (χ2n) is 2.95. The van der Waals surface area contributed by atoms with Gasteiger partial charge in [-0.25, -0.2) is 0 Å². The third-order valence-corrected chi connectivity index (χ3v) is 2.11. The van der Waals surface area contributed by atoms with Crippen LogP contribution in [-0.2, 0) is 0 Å². The number of nitrogens with one attached hydrogen (secondary N) is 1. The van der Waals surface area contributed by atoms with Crippen molar-refractivity contribution in [2.24, 2.45) is 0 Å². The van der Waals surface area contributed by atoms with Crippen molar-refractivity contribution in [3.05, 3.63) is 17.2 Å². The van der Waals surface area contributed by atoms with Crippen molar-refractivity contribution in [1.29, 1.82) is 0 Å².